The number of aromatic nitrogens is 1. The zero-order valence-electron chi connectivity index (χ0n) is 12.1. The first-order chi connectivity index (χ1) is 9.57. The number of aromatic amines is 1. The molecule has 0 spiro atoms. The van der Waals surface area contributed by atoms with Gasteiger partial charge in [-0.25, -0.2) is 8.42 Å². The smallest absolute Gasteiger partial charge is 0.244 e. The molecular weight excluding hydrogens is 278 g/mol. The predicted molar refractivity (Wildman–Crippen MR) is 76.9 cm³/mol. The maximum atomic E-state index is 12.6. The molecule has 0 amide bonds. The molecule has 2 N–H and O–H groups in total. The second-order valence-electron chi connectivity index (χ2n) is 5.22. The van der Waals surface area contributed by atoms with Gasteiger partial charge >= 0.3 is 0 Å². The molecule has 1 atom stereocenters. The monoisotopic (exact) mass is 301 g/mol. The van der Waals surface area contributed by atoms with E-state index < -0.39 is 10.0 Å². The minimum absolute atomic E-state index is 0.291. The largest absolute Gasteiger partial charge is 0.384 e. The molecular formula is C13H23N3O3S. The van der Waals surface area contributed by atoms with Gasteiger partial charge in [0.15, 0.2) is 0 Å². The van der Waals surface area contributed by atoms with Crippen molar-refractivity contribution in [2.24, 2.45) is 5.92 Å². The van der Waals surface area contributed by atoms with Gasteiger partial charge in [-0.2, -0.15) is 4.31 Å². The first-order valence-electron chi connectivity index (χ1n) is 6.89. The molecule has 2 heterocycles. The van der Waals surface area contributed by atoms with E-state index in [0.717, 1.165) is 18.5 Å². The van der Waals surface area contributed by atoms with Gasteiger partial charge in [0.2, 0.25) is 10.0 Å². The van der Waals surface area contributed by atoms with Crippen LogP contribution in [0.4, 0.5) is 0 Å². The van der Waals surface area contributed by atoms with Crippen molar-refractivity contribution >= 4 is 10.0 Å². The van der Waals surface area contributed by atoms with E-state index in [9.17, 15) is 8.42 Å². The molecule has 20 heavy (non-hydrogen) atoms. The molecule has 1 saturated heterocycles. The van der Waals surface area contributed by atoms with E-state index in [4.69, 9.17) is 4.74 Å². The number of methoxy groups -OCH3 is 1. The van der Waals surface area contributed by atoms with E-state index in [2.05, 4.69) is 10.3 Å². The number of sulfonamides is 1. The highest BCUT2D eigenvalue weighted by Gasteiger charge is 2.30. The van der Waals surface area contributed by atoms with Crippen LogP contribution in [0.25, 0.3) is 0 Å². The fourth-order valence-corrected chi connectivity index (χ4v) is 4.20. The lowest BCUT2D eigenvalue weighted by Gasteiger charge is -2.31. The Morgan fingerprint density at radius 1 is 1.55 bits per heavy atom. The third-order valence-electron chi connectivity index (χ3n) is 3.61. The maximum Gasteiger partial charge on any atom is 0.244 e. The van der Waals surface area contributed by atoms with Crippen LogP contribution in [0.5, 0.6) is 0 Å². The van der Waals surface area contributed by atoms with Gasteiger partial charge in [-0.3, -0.25) is 0 Å². The Balaban J connectivity index is 2.12. The first-order valence-corrected chi connectivity index (χ1v) is 8.33. The molecule has 0 aliphatic carbocycles. The minimum atomic E-state index is -3.39. The second kappa shape index (κ2) is 6.71. The number of nitrogens with zero attached hydrogens (tertiary/aromatic N) is 1. The van der Waals surface area contributed by atoms with Crippen molar-refractivity contribution in [3.63, 3.8) is 0 Å². The summed E-state index contributed by atoms with van der Waals surface area (Å²) in [5, 5.41) is 3.00. The Bertz CT molecular complexity index is 525. The molecule has 0 bridgehead atoms. The number of ether oxygens (including phenoxy) is 1. The Morgan fingerprint density at radius 3 is 3.05 bits per heavy atom. The van der Waals surface area contributed by atoms with E-state index in [0.29, 0.717) is 37.1 Å². The van der Waals surface area contributed by atoms with Crippen LogP contribution < -0.4 is 5.32 Å². The van der Waals surface area contributed by atoms with Gasteiger partial charge in [-0.15, -0.1) is 0 Å². The van der Waals surface area contributed by atoms with Gasteiger partial charge in [0.05, 0.1) is 11.5 Å². The number of hydrogen-bond acceptors (Lipinski definition) is 4. The zero-order valence-corrected chi connectivity index (χ0v) is 12.9. The molecule has 7 heteroatoms. The van der Waals surface area contributed by atoms with Crippen molar-refractivity contribution in [3.8, 4) is 0 Å². The van der Waals surface area contributed by atoms with Crippen LogP contribution in [0, 0.1) is 5.92 Å². The van der Waals surface area contributed by atoms with Crippen molar-refractivity contribution in [2.45, 2.75) is 24.3 Å². The fraction of sp³-hybridized carbons (Fsp3) is 0.692. The van der Waals surface area contributed by atoms with Crippen molar-refractivity contribution in [2.75, 3.05) is 33.9 Å². The van der Waals surface area contributed by atoms with Gasteiger partial charge in [0, 0.05) is 38.6 Å². The van der Waals surface area contributed by atoms with E-state index in [1.807, 2.05) is 7.05 Å². The molecule has 1 unspecified atom stereocenters. The van der Waals surface area contributed by atoms with Crippen LogP contribution in [0.15, 0.2) is 17.2 Å². The first kappa shape index (κ1) is 15.5. The molecule has 2 rings (SSSR count). The molecule has 1 aromatic rings. The van der Waals surface area contributed by atoms with E-state index in [1.54, 1.807) is 23.7 Å². The predicted octanol–water partition coefficient (Wildman–Crippen LogP) is 0.781. The summed E-state index contributed by atoms with van der Waals surface area (Å²) in [4.78, 5) is 3.34. The lowest BCUT2D eigenvalue weighted by molar-refractivity contribution is 0.118. The highest BCUT2D eigenvalue weighted by Crippen LogP contribution is 2.24. The highest BCUT2D eigenvalue weighted by molar-refractivity contribution is 7.89. The topological polar surface area (TPSA) is 74.4 Å². The van der Waals surface area contributed by atoms with Crippen LogP contribution in [0.3, 0.4) is 0 Å². The number of piperidine rings is 1. The van der Waals surface area contributed by atoms with Gasteiger partial charge in [0.1, 0.15) is 0 Å². The van der Waals surface area contributed by atoms with Crippen molar-refractivity contribution in [3.05, 3.63) is 18.0 Å². The summed E-state index contributed by atoms with van der Waals surface area (Å²) in [5.41, 5.74) is 0.872. The number of nitrogens with one attached hydrogen (secondary N) is 2. The molecule has 0 radical (unpaired) electrons. The van der Waals surface area contributed by atoms with Crippen LogP contribution >= 0.6 is 0 Å². The third-order valence-corrected chi connectivity index (χ3v) is 5.45. The standard InChI is InChI=1S/C13H23N3O3S/c1-14-7-12-6-13(8-15-12)20(17,18)16-5-3-4-11(9-16)10-19-2/h6,8,11,14-15H,3-5,7,9-10H2,1-2H3. The van der Waals surface area contributed by atoms with Gasteiger partial charge < -0.3 is 15.0 Å². The van der Waals surface area contributed by atoms with E-state index in [1.165, 1.54) is 0 Å². The molecule has 1 aliphatic rings. The van der Waals surface area contributed by atoms with Gasteiger partial charge in [0.25, 0.3) is 0 Å². The Morgan fingerprint density at radius 2 is 2.35 bits per heavy atom. The molecule has 1 aromatic heterocycles. The van der Waals surface area contributed by atoms with Crippen molar-refractivity contribution in [1.29, 1.82) is 0 Å². The number of H-pyrrole nitrogens is 1. The molecule has 6 nitrogen and oxygen atoms in total. The summed E-state index contributed by atoms with van der Waals surface area (Å²) in [6.07, 6.45) is 3.49. The summed E-state index contributed by atoms with van der Waals surface area (Å²) in [6.45, 7) is 2.38. The summed E-state index contributed by atoms with van der Waals surface area (Å²) in [7, 11) is 0.0927. The third kappa shape index (κ3) is 3.41. The SMILES string of the molecule is CNCc1cc(S(=O)(=O)N2CCCC(COC)C2)c[nH]1. The summed E-state index contributed by atoms with van der Waals surface area (Å²) >= 11 is 0. The quantitative estimate of drug-likeness (QED) is 0.814. The van der Waals surface area contributed by atoms with E-state index in [-0.39, 0.29) is 0 Å². The molecule has 0 saturated carbocycles. The van der Waals surface area contributed by atoms with Gasteiger partial charge in [-0.1, -0.05) is 0 Å². The van der Waals surface area contributed by atoms with Crippen molar-refractivity contribution in [1.82, 2.24) is 14.6 Å². The molecule has 1 fully saturated rings. The Labute approximate surface area is 120 Å². The summed E-state index contributed by atoms with van der Waals surface area (Å²) in [5.74, 6) is 0.291. The van der Waals surface area contributed by atoms with Crippen LogP contribution in [0.2, 0.25) is 0 Å². The van der Waals surface area contributed by atoms with Crippen LogP contribution in [-0.2, 0) is 21.3 Å². The fourth-order valence-electron chi connectivity index (χ4n) is 2.63. The Kier molecular flexibility index (Phi) is 5.20. The lowest BCUT2D eigenvalue weighted by atomic mass is 10.0. The average molecular weight is 301 g/mol. The maximum absolute atomic E-state index is 12.6. The minimum Gasteiger partial charge on any atom is -0.384 e. The molecule has 0 aromatic carbocycles. The summed E-state index contributed by atoms with van der Waals surface area (Å²) < 4.78 is 31.9. The molecule has 1 aliphatic heterocycles. The van der Waals surface area contributed by atoms with Crippen molar-refractivity contribution < 1.29 is 13.2 Å². The average Bonchev–Trinajstić information content (AvgIpc) is 2.89. The second-order valence-corrected chi connectivity index (χ2v) is 7.16. The molecule has 114 valence electrons. The number of rotatable bonds is 6. The zero-order chi connectivity index (χ0) is 14.6. The summed E-state index contributed by atoms with van der Waals surface area (Å²) in [6, 6.07) is 1.70. The highest BCUT2D eigenvalue weighted by atomic mass is 32.2. The van der Waals surface area contributed by atoms with E-state index >= 15 is 0 Å². The van der Waals surface area contributed by atoms with Crippen LogP contribution in [0.1, 0.15) is 18.5 Å². The lowest BCUT2D eigenvalue weighted by Crippen LogP contribution is -2.40. The van der Waals surface area contributed by atoms with Crippen LogP contribution in [-0.4, -0.2) is 51.6 Å². The number of hydrogen-bond donors (Lipinski definition) is 2. The normalized spacial score (nSPS) is 21.2. The van der Waals surface area contributed by atoms with Gasteiger partial charge in [-0.05, 0) is 31.9 Å². The Hall–Kier alpha value is -0.890.